The molecule has 0 saturated heterocycles. The first kappa shape index (κ1) is 4.97. The van der Waals surface area contributed by atoms with Gasteiger partial charge in [-0.2, -0.15) is 0 Å². The van der Waals surface area contributed by atoms with Gasteiger partial charge in [-0.15, -0.1) is 0 Å². The van der Waals surface area contributed by atoms with Crippen molar-refractivity contribution in [3.05, 3.63) is 12.7 Å². The van der Waals surface area contributed by atoms with Crippen LogP contribution in [0.2, 0.25) is 0 Å². The molecule has 0 N–H and O–H groups in total. The van der Waals surface area contributed by atoms with Crippen LogP contribution in [-0.4, -0.2) is 21.4 Å². The van der Waals surface area contributed by atoms with Crippen molar-refractivity contribution < 1.29 is 4.79 Å². The molecule has 0 saturated carbocycles. The normalized spacial score (nSPS) is 6.60. The van der Waals surface area contributed by atoms with Gasteiger partial charge in [0.25, 0.3) is 0 Å². The first-order valence-electron chi connectivity index (χ1n) is 1.19. The SMILES string of the molecule is C=CC(=O)[AsH2]. The molecule has 0 aliphatic heterocycles. The van der Waals surface area contributed by atoms with E-state index in [2.05, 4.69) is 6.58 Å². The third-order valence-corrected chi connectivity index (χ3v) is 0.696. The maximum atomic E-state index is 9.72. The second kappa shape index (κ2) is 2.22. The Morgan fingerprint density at radius 2 is 2.20 bits per heavy atom. The Bertz CT molecular complexity index is 57.9. The summed E-state index contributed by atoms with van der Waals surface area (Å²) in [6, 6.07) is 0. The van der Waals surface area contributed by atoms with Gasteiger partial charge >= 0.3 is 38.9 Å². The zero-order chi connectivity index (χ0) is 4.28. The Kier molecular flexibility index (Phi) is 2.21. The van der Waals surface area contributed by atoms with Crippen molar-refractivity contribution in [2.75, 3.05) is 0 Å². The molecule has 1 unspecified atom stereocenters. The van der Waals surface area contributed by atoms with E-state index in [1.165, 1.54) is 6.08 Å². The summed E-state index contributed by atoms with van der Waals surface area (Å²) in [6.07, 6.45) is 1.31. The monoisotopic (exact) mass is 132 g/mol. The van der Waals surface area contributed by atoms with Gasteiger partial charge in [-0.05, 0) is 0 Å². The number of rotatable bonds is 1. The second-order valence-corrected chi connectivity index (χ2v) is 1.80. The van der Waals surface area contributed by atoms with Crippen molar-refractivity contribution in [2.45, 2.75) is 0 Å². The molecular formula is C3H5AsO. The van der Waals surface area contributed by atoms with Crippen molar-refractivity contribution in [1.29, 1.82) is 0 Å². The Labute approximate surface area is 39.6 Å². The molecule has 28 valence electrons. The summed E-state index contributed by atoms with van der Waals surface area (Å²) in [5.41, 5.74) is 0. The topological polar surface area (TPSA) is 17.1 Å². The van der Waals surface area contributed by atoms with E-state index in [9.17, 15) is 4.79 Å². The summed E-state index contributed by atoms with van der Waals surface area (Å²) in [5.74, 6) is 0. The number of allylic oxidation sites excluding steroid dienone is 1. The standard InChI is InChI=1S/C3H5AsO/c1-2-3(4)5/h2H,1,4H2. The van der Waals surface area contributed by atoms with E-state index < -0.39 is 0 Å². The van der Waals surface area contributed by atoms with Crippen molar-refractivity contribution in [3.63, 3.8) is 0 Å². The van der Waals surface area contributed by atoms with Crippen LogP contribution in [0.3, 0.4) is 0 Å². The summed E-state index contributed by atoms with van der Waals surface area (Å²) < 4.78 is 0.0810. The van der Waals surface area contributed by atoms with E-state index in [4.69, 9.17) is 0 Å². The van der Waals surface area contributed by atoms with Crippen LogP contribution in [0.15, 0.2) is 12.7 Å². The van der Waals surface area contributed by atoms with Crippen molar-refractivity contribution in [3.8, 4) is 0 Å². The zero-order valence-corrected chi connectivity index (χ0v) is 5.19. The molecule has 0 rings (SSSR count). The van der Waals surface area contributed by atoms with Gasteiger partial charge in [0, 0.05) is 0 Å². The molecule has 0 heterocycles. The third-order valence-electron chi connectivity index (χ3n) is 0.201. The minimum atomic E-state index is 0.0810. The van der Waals surface area contributed by atoms with Crippen LogP contribution in [0.1, 0.15) is 0 Å². The first-order chi connectivity index (χ1) is 2.27. The van der Waals surface area contributed by atoms with Gasteiger partial charge in [0.05, 0.1) is 0 Å². The third kappa shape index (κ3) is 3.97. The number of carbonyl (C=O) groups excluding carboxylic acids is 1. The molecule has 5 heavy (non-hydrogen) atoms. The predicted molar refractivity (Wildman–Crippen MR) is 23.7 cm³/mol. The number of carbonyl (C=O) groups is 1. The van der Waals surface area contributed by atoms with Crippen LogP contribution >= 0.6 is 0 Å². The summed E-state index contributed by atoms with van der Waals surface area (Å²) >= 11 is 1.08. The van der Waals surface area contributed by atoms with Crippen molar-refractivity contribution >= 4 is 21.4 Å². The van der Waals surface area contributed by atoms with Gasteiger partial charge in [-0.25, -0.2) is 0 Å². The van der Waals surface area contributed by atoms with Crippen molar-refractivity contribution in [1.82, 2.24) is 0 Å². The summed E-state index contributed by atoms with van der Waals surface area (Å²) in [5, 5.41) is 0. The fourth-order valence-electron chi connectivity index (χ4n) is 0. The van der Waals surface area contributed by atoms with E-state index in [-0.39, 0.29) is 4.57 Å². The maximum absolute atomic E-state index is 9.72. The van der Waals surface area contributed by atoms with Gasteiger partial charge in [-0.3, -0.25) is 0 Å². The molecule has 0 amide bonds. The van der Waals surface area contributed by atoms with E-state index >= 15 is 0 Å². The summed E-state index contributed by atoms with van der Waals surface area (Å²) in [4.78, 5) is 9.72. The van der Waals surface area contributed by atoms with Crippen LogP contribution < -0.4 is 0 Å². The van der Waals surface area contributed by atoms with E-state index in [1.54, 1.807) is 0 Å². The van der Waals surface area contributed by atoms with Crippen LogP contribution in [0, 0.1) is 0 Å². The van der Waals surface area contributed by atoms with Crippen LogP contribution in [0.4, 0.5) is 0 Å². The van der Waals surface area contributed by atoms with Gasteiger partial charge in [0.2, 0.25) is 0 Å². The van der Waals surface area contributed by atoms with E-state index in [0.717, 1.165) is 16.9 Å². The Hall–Kier alpha value is -0.0316. The minimum absolute atomic E-state index is 0.0810. The zero-order valence-electron chi connectivity index (χ0n) is 2.77. The first-order valence-corrected chi connectivity index (χ1v) is 2.40. The van der Waals surface area contributed by atoms with Gasteiger partial charge < -0.3 is 0 Å². The molecule has 0 aromatic rings. The quantitative estimate of drug-likeness (QED) is 0.341. The Balaban J connectivity index is 3.20. The average molecular weight is 132 g/mol. The predicted octanol–water partition coefficient (Wildman–Crippen LogP) is -0.668. The van der Waals surface area contributed by atoms with Crippen molar-refractivity contribution in [2.24, 2.45) is 0 Å². The Morgan fingerprint density at radius 3 is 2.20 bits per heavy atom. The van der Waals surface area contributed by atoms with Crippen LogP contribution in [-0.2, 0) is 4.79 Å². The Morgan fingerprint density at radius 1 is 2.00 bits per heavy atom. The second-order valence-electron chi connectivity index (χ2n) is 0.606. The number of hydrogen-bond acceptors (Lipinski definition) is 1. The van der Waals surface area contributed by atoms with Gasteiger partial charge in [0.15, 0.2) is 0 Å². The number of hydrogen-bond donors (Lipinski definition) is 0. The van der Waals surface area contributed by atoms with Gasteiger partial charge in [0.1, 0.15) is 0 Å². The molecule has 0 spiro atoms. The molecule has 0 bridgehead atoms. The molecule has 0 aliphatic rings. The molecule has 0 aliphatic carbocycles. The summed E-state index contributed by atoms with van der Waals surface area (Å²) in [6.45, 7) is 3.23. The molecule has 0 aromatic heterocycles. The molecule has 2 heteroatoms. The fraction of sp³-hybridized carbons (Fsp3) is 0. The molecule has 0 fully saturated rings. The van der Waals surface area contributed by atoms with Gasteiger partial charge in [-0.1, -0.05) is 0 Å². The molecular weight excluding hydrogens is 127 g/mol. The molecule has 0 radical (unpaired) electrons. The average Bonchev–Trinajstić information content (AvgIpc) is 1.38. The molecule has 1 nitrogen and oxygen atoms in total. The summed E-state index contributed by atoms with van der Waals surface area (Å²) in [7, 11) is 0. The molecule has 0 aromatic carbocycles. The molecule has 1 atom stereocenters. The van der Waals surface area contributed by atoms with Crippen LogP contribution in [0.5, 0.6) is 0 Å². The van der Waals surface area contributed by atoms with E-state index in [1.807, 2.05) is 0 Å². The van der Waals surface area contributed by atoms with E-state index in [0.29, 0.717) is 0 Å². The van der Waals surface area contributed by atoms with Crippen LogP contribution in [0.25, 0.3) is 0 Å². The fourth-order valence-corrected chi connectivity index (χ4v) is 0.